The zero-order chi connectivity index (χ0) is 8.41. The molecule has 10 heteroatoms. The molecule has 0 bridgehead atoms. The van der Waals surface area contributed by atoms with Crippen molar-refractivity contribution in [2.45, 2.75) is 0 Å². The summed E-state index contributed by atoms with van der Waals surface area (Å²) < 4.78 is 57.4. The van der Waals surface area contributed by atoms with Crippen molar-refractivity contribution in [2.75, 3.05) is 0 Å². The monoisotopic (exact) mass is 210 g/mol. The van der Waals surface area contributed by atoms with Crippen molar-refractivity contribution in [1.82, 2.24) is 0 Å². The van der Waals surface area contributed by atoms with Crippen LogP contribution in [0.3, 0.4) is 0 Å². The van der Waals surface area contributed by atoms with Gasteiger partial charge in [0.2, 0.25) is 0 Å². The highest BCUT2D eigenvalue weighted by molar-refractivity contribution is 8.68. The van der Waals surface area contributed by atoms with E-state index < -0.39 is 30.6 Å². The topological polar surface area (TPSA) is 118 Å². The lowest BCUT2D eigenvalue weighted by Crippen LogP contribution is -2.00. The molecule has 0 spiro atoms. The van der Waals surface area contributed by atoms with E-state index in [4.69, 9.17) is 9.11 Å². The van der Waals surface area contributed by atoms with Crippen LogP contribution in [0, 0.1) is 0 Å². The molecule has 0 radical (unpaired) electrons. The van der Waals surface area contributed by atoms with Gasteiger partial charge in [0.15, 0.2) is 11.1 Å². The van der Waals surface area contributed by atoms with Crippen LogP contribution in [-0.4, -0.2) is 25.9 Å². The van der Waals surface area contributed by atoms with Crippen LogP contribution >= 0.6 is 11.1 Å². The van der Waals surface area contributed by atoms with Gasteiger partial charge in [-0.3, -0.25) is 9.11 Å². The molecule has 7 nitrogen and oxygen atoms in total. The van der Waals surface area contributed by atoms with E-state index in [0.717, 1.165) is 0 Å². The molecule has 0 aliphatic heterocycles. The molecule has 0 aromatic heterocycles. The van der Waals surface area contributed by atoms with E-state index in [0.29, 0.717) is 0 Å². The Kier molecular flexibility index (Phi) is 3.06. The zero-order valence-corrected chi connectivity index (χ0v) is 6.61. The van der Waals surface area contributed by atoms with Gasteiger partial charge in [-0.15, -0.1) is 0 Å². The van der Waals surface area contributed by atoms with Crippen molar-refractivity contribution >= 4 is 30.6 Å². The highest BCUT2D eigenvalue weighted by Gasteiger charge is 2.13. The summed E-state index contributed by atoms with van der Waals surface area (Å²) >= 11 is -0.770. The summed E-state index contributed by atoms with van der Waals surface area (Å²) in [6.07, 6.45) is 0. The summed E-state index contributed by atoms with van der Waals surface area (Å²) in [5, 5.41) is 0. The zero-order valence-electron chi connectivity index (χ0n) is 4.16. The average Bonchev–Trinajstić information content (AvgIpc) is 1.57. The minimum atomic E-state index is -4.83. The van der Waals surface area contributed by atoms with Gasteiger partial charge in [-0.1, -0.05) is 0 Å². The normalized spacial score (nSPS) is 13.4. The molecular formula is H2O7S3. The Morgan fingerprint density at radius 1 is 1.10 bits per heavy atom. The second kappa shape index (κ2) is 3.02. The lowest BCUT2D eigenvalue weighted by atomic mass is 15.8. The minimum Gasteiger partial charge on any atom is -0.276 e. The van der Waals surface area contributed by atoms with Crippen LogP contribution < -0.4 is 0 Å². The standard InChI is InChI=1S/H2O7S3/c1-9(2,3)7-8-10(4,5)6/h(H,1,2,3)(H,4,5,6). The number of rotatable bonds is 3. The Balaban J connectivity index is 4.05. The maximum Gasteiger partial charge on any atom is 0.409 e. The molecule has 0 aromatic carbocycles. The van der Waals surface area contributed by atoms with E-state index in [1.54, 1.807) is 0 Å². The second-order valence-electron chi connectivity index (χ2n) is 0.992. The van der Waals surface area contributed by atoms with Crippen molar-refractivity contribution in [1.29, 1.82) is 0 Å². The van der Waals surface area contributed by atoms with Crippen LogP contribution in [0.4, 0.5) is 0 Å². The first-order valence-electron chi connectivity index (χ1n) is 1.53. The third-order valence-electron chi connectivity index (χ3n) is 0.200. The molecule has 0 saturated carbocycles. The fourth-order valence-corrected chi connectivity index (χ4v) is 1.90. The molecule has 10 heavy (non-hydrogen) atoms. The van der Waals surface area contributed by atoms with Gasteiger partial charge >= 0.3 is 19.5 Å². The van der Waals surface area contributed by atoms with Gasteiger partial charge in [0.05, 0.1) is 0 Å². The first-order valence-corrected chi connectivity index (χ1v) is 5.60. The van der Waals surface area contributed by atoms with E-state index in [2.05, 4.69) is 3.63 Å². The predicted molar refractivity (Wildman–Crippen MR) is 31.8 cm³/mol. The first kappa shape index (κ1) is 10.1. The van der Waals surface area contributed by atoms with E-state index in [1.165, 1.54) is 0 Å². The van der Waals surface area contributed by atoms with Crippen LogP contribution in [0.2, 0.25) is 0 Å². The third kappa shape index (κ3) is 8.13. The largest absolute Gasteiger partial charge is 0.409 e. The molecule has 62 valence electrons. The van der Waals surface area contributed by atoms with Gasteiger partial charge < -0.3 is 0 Å². The molecular weight excluding hydrogens is 208 g/mol. The van der Waals surface area contributed by atoms with E-state index in [9.17, 15) is 16.8 Å². The van der Waals surface area contributed by atoms with Crippen LogP contribution in [0.15, 0.2) is 0 Å². The smallest absolute Gasteiger partial charge is 0.276 e. The molecule has 0 aromatic rings. The lowest BCUT2D eigenvalue weighted by molar-refractivity contribution is 0.407. The molecule has 2 N–H and O–H groups in total. The average molecular weight is 210 g/mol. The maximum absolute atomic E-state index is 9.70. The third-order valence-corrected chi connectivity index (χ3v) is 2.30. The van der Waals surface area contributed by atoms with Gasteiger partial charge in [-0.25, -0.2) is 0 Å². The summed E-state index contributed by atoms with van der Waals surface area (Å²) in [4.78, 5) is 0. The maximum atomic E-state index is 9.70. The number of hydrogen-bond acceptors (Lipinski definition) is 6. The highest BCUT2D eigenvalue weighted by Crippen LogP contribution is 2.12. The predicted octanol–water partition coefficient (Wildman–Crippen LogP) is -0.743. The molecule has 0 amide bonds. The molecule has 0 atom stereocenters. The van der Waals surface area contributed by atoms with Gasteiger partial charge in [-0.05, 0) is 0 Å². The summed E-state index contributed by atoms with van der Waals surface area (Å²) in [6, 6.07) is 0. The molecule has 0 heterocycles. The lowest BCUT2D eigenvalue weighted by Gasteiger charge is -1.91. The summed E-state index contributed by atoms with van der Waals surface area (Å²) in [5.74, 6) is 0. The van der Waals surface area contributed by atoms with Gasteiger partial charge in [0.25, 0.3) is 0 Å². The van der Waals surface area contributed by atoms with Crippen molar-refractivity contribution < 1.29 is 29.6 Å². The Labute approximate surface area is 60.7 Å². The Bertz CT molecular complexity index is 245. The molecule has 0 saturated heterocycles. The summed E-state index contributed by atoms with van der Waals surface area (Å²) in [5.41, 5.74) is 0. The van der Waals surface area contributed by atoms with E-state index >= 15 is 0 Å². The first-order chi connectivity index (χ1) is 4.21. The SMILES string of the molecule is O=S(=O)(O)OSS(=O)(=O)O. The molecule has 0 aliphatic rings. The second-order valence-corrected chi connectivity index (χ2v) is 5.05. The van der Waals surface area contributed by atoms with Gasteiger partial charge in [-0.2, -0.15) is 20.5 Å². The fourth-order valence-electron chi connectivity index (χ4n) is 0.0702. The van der Waals surface area contributed by atoms with E-state index in [-0.39, 0.29) is 0 Å². The fraction of sp³-hybridized carbons (Fsp3) is 0. The van der Waals surface area contributed by atoms with Crippen LogP contribution in [0.5, 0.6) is 0 Å². The van der Waals surface area contributed by atoms with Crippen molar-refractivity contribution in [3.8, 4) is 0 Å². The van der Waals surface area contributed by atoms with Crippen LogP contribution in [0.25, 0.3) is 0 Å². The minimum absolute atomic E-state index is 0.770. The Hall–Kier alpha value is 0.130. The molecule has 0 rings (SSSR count). The molecule has 0 aliphatic carbocycles. The summed E-state index contributed by atoms with van der Waals surface area (Å²) in [7, 11) is -9.44. The van der Waals surface area contributed by atoms with Crippen LogP contribution in [-0.2, 0) is 23.2 Å². The van der Waals surface area contributed by atoms with Crippen molar-refractivity contribution in [2.24, 2.45) is 0 Å². The Morgan fingerprint density at radius 3 is 1.60 bits per heavy atom. The Morgan fingerprint density at radius 2 is 1.50 bits per heavy atom. The summed E-state index contributed by atoms with van der Waals surface area (Å²) in [6.45, 7) is 0. The highest BCUT2D eigenvalue weighted by atomic mass is 33.2. The van der Waals surface area contributed by atoms with Crippen LogP contribution in [0.1, 0.15) is 0 Å². The number of hydrogen-bond donors (Lipinski definition) is 2. The van der Waals surface area contributed by atoms with Crippen molar-refractivity contribution in [3.63, 3.8) is 0 Å². The van der Waals surface area contributed by atoms with Gasteiger partial charge in [0, 0.05) is 0 Å². The quantitative estimate of drug-likeness (QED) is 0.355. The van der Waals surface area contributed by atoms with Gasteiger partial charge in [0.1, 0.15) is 0 Å². The molecule has 0 unspecified atom stereocenters. The molecule has 0 fully saturated rings. The van der Waals surface area contributed by atoms with Crippen molar-refractivity contribution in [3.05, 3.63) is 0 Å². The van der Waals surface area contributed by atoms with E-state index in [1.807, 2.05) is 0 Å².